The van der Waals surface area contributed by atoms with Gasteiger partial charge < -0.3 is 19.6 Å². The number of hydrogen-bond donors (Lipinski definition) is 2. The molecular formula is C35H30F4N8O. The molecule has 0 aliphatic carbocycles. The van der Waals surface area contributed by atoms with E-state index in [2.05, 4.69) is 30.2 Å². The van der Waals surface area contributed by atoms with Crippen LogP contribution in [0, 0.1) is 23.3 Å². The summed E-state index contributed by atoms with van der Waals surface area (Å²) in [6.07, 6.45) is 0. The maximum absolute atomic E-state index is 15.7. The van der Waals surface area contributed by atoms with Crippen molar-refractivity contribution in [3.63, 3.8) is 0 Å². The summed E-state index contributed by atoms with van der Waals surface area (Å²) in [6, 6.07) is 18.3. The Bertz CT molecular complexity index is 1980. The van der Waals surface area contributed by atoms with Gasteiger partial charge in [-0.25, -0.2) is 17.6 Å². The molecule has 9 nitrogen and oxygen atoms in total. The minimum atomic E-state index is -0.568. The number of fused-ring (bicyclic) bond motifs is 2. The Labute approximate surface area is 272 Å². The first-order valence-corrected chi connectivity index (χ1v) is 15.7. The number of hydrogen-bond acceptors (Lipinski definition) is 7. The zero-order valence-corrected chi connectivity index (χ0v) is 25.7. The second kappa shape index (κ2) is 11.9. The summed E-state index contributed by atoms with van der Waals surface area (Å²) in [7, 11) is 0. The monoisotopic (exact) mass is 654 g/mol. The lowest BCUT2D eigenvalue weighted by atomic mass is 10.0. The minimum Gasteiger partial charge on any atom is -0.368 e. The van der Waals surface area contributed by atoms with E-state index in [0.717, 1.165) is 11.4 Å². The predicted octanol–water partition coefficient (Wildman–Crippen LogP) is 5.88. The molecule has 4 heterocycles. The average Bonchev–Trinajstić information content (AvgIpc) is 3.74. The molecule has 0 saturated carbocycles. The summed E-state index contributed by atoms with van der Waals surface area (Å²) in [5.74, 6) is -2.18. The molecule has 13 heteroatoms. The molecule has 6 aromatic rings. The Morgan fingerprint density at radius 2 is 0.854 bits per heavy atom. The number of carbonyl (C=O) groups excluding carboxylic acids is 1. The van der Waals surface area contributed by atoms with Crippen LogP contribution in [0.3, 0.4) is 0 Å². The second-order valence-electron chi connectivity index (χ2n) is 12.0. The quantitative estimate of drug-likeness (QED) is 0.171. The number of H-pyrrole nitrogens is 2. The zero-order valence-electron chi connectivity index (χ0n) is 25.7. The minimum absolute atomic E-state index is 0.00907. The molecule has 244 valence electrons. The summed E-state index contributed by atoms with van der Waals surface area (Å²) >= 11 is 0. The number of aromatic amines is 2. The molecule has 0 bridgehead atoms. The molecule has 0 spiro atoms. The SMILES string of the molecule is O=C(c1n[nH]c2ccc(F)c(N3CCN(c4ccc(F)cc4)CC3)c12)c1n[nH]c2ccc(F)c(N3CCN(c4ccc(F)cc4)CC3)c12. The fourth-order valence-electron chi connectivity index (χ4n) is 6.88. The Balaban J connectivity index is 1.11. The fourth-order valence-corrected chi connectivity index (χ4v) is 6.88. The highest BCUT2D eigenvalue weighted by Crippen LogP contribution is 2.37. The topological polar surface area (TPSA) is 87.4 Å². The van der Waals surface area contributed by atoms with Gasteiger partial charge in [0.15, 0.2) is 0 Å². The van der Waals surface area contributed by atoms with Gasteiger partial charge in [0.05, 0.1) is 33.2 Å². The van der Waals surface area contributed by atoms with E-state index in [1.54, 1.807) is 36.4 Å². The van der Waals surface area contributed by atoms with E-state index in [1.807, 2.05) is 9.80 Å². The van der Waals surface area contributed by atoms with Gasteiger partial charge >= 0.3 is 0 Å². The molecule has 2 aliphatic rings. The van der Waals surface area contributed by atoms with Crippen LogP contribution in [0.25, 0.3) is 21.8 Å². The van der Waals surface area contributed by atoms with Crippen LogP contribution in [0.5, 0.6) is 0 Å². The molecule has 2 aliphatic heterocycles. The summed E-state index contributed by atoms with van der Waals surface area (Å²) < 4.78 is 58.3. The number of halogens is 4. The summed E-state index contributed by atoms with van der Waals surface area (Å²) in [4.78, 5) is 22.3. The smallest absolute Gasteiger partial charge is 0.234 e. The Kier molecular flexibility index (Phi) is 7.38. The summed E-state index contributed by atoms with van der Waals surface area (Å²) in [5.41, 5.74) is 3.21. The van der Waals surface area contributed by atoms with Crippen molar-refractivity contribution < 1.29 is 22.4 Å². The molecule has 0 radical (unpaired) electrons. The van der Waals surface area contributed by atoms with Gasteiger partial charge in [-0.2, -0.15) is 10.2 Å². The molecule has 8 rings (SSSR count). The normalized spacial score (nSPS) is 15.6. The number of piperazine rings is 2. The third kappa shape index (κ3) is 5.15. The first-order valence-electron chi connectivity index (χ1n) is 15.7. The van der Waals surface area contributed by atoms with E-state index < -0.39 is 17.4 Å². The third-order valence-electron chi connectivity index (χ3n) is 9.31. The number of carbonyl (C=O) groups is 1. The third-order valence-corrected chi connectivity index (χ3v) is 9.31. The predicted molar refractivity (Wildman–Crippen MR) is 177 cm³/mol. The second-order valence-corrected chi connectivity index (χ2v) is 12.0. The van der Waals surface area contributed by atoms with Crippen LogP contribution in [0.15, 0.2) is 72.8 Å². The first-order chi connectivity index (χ1) is 23.4. The van der Waals surface area contributed by atoms with Gasteiger partial charge in [0.2, 0.25) is 5.78 Å². The molecule has 0 atom stereocenters. The van der Waals surface area contributed by atoms with Crippen LogP contribution in [-0.4, -0.2) is 78.5 Å². The van der Waals surface area contributed by atoms with E-state index in [-0.39, 0.29) is 34.4 Å². The van der Waals surface area contributed by atoms with Gasteiger partial charge in [0.25, 0.3) is 0 Å². The Morgan fingerprint density at radius 3 is 1.23 bits per heavy atom. The Morgan fingerprint density at radius 1 is 0.500 bits per heavy atom. The molecular weight excluding hydrogens is 624 g/mol. The molecule has 0 amide bonds. The van der Waals surface area contributed by atoms with Gasteiger partial charge in [-0.1, -0.05) is 0 Å². The van der Waals surface area contributed by atoms with Crippen molar-refractivity contribution in [1.29, 1.82) is 0 Å². The fraction of sp³-hybridized carbons (Fsp3) is 0.229. The highest BCUT2D eigenvalue weighted by atomic mass is 19.1. The van der Waals surface area contributed by atoms with Crippen molar-refractivity contribution in [1.82, 2.24) is 20.4 Å². The largest absolute Gasteiger partial charge is 0.368 e. The van der Waals surface area contributed by atoms with Crippen molar-refractivity contribution in [2.45, 2.75) is 0 Å². The van der Waals surface area contributed by atoms with E-state index in [9.17, 15) is 13.6 Å². The summed E-state index contributed by atoms with van der Waals surface area (Å²) in [5, 5.41) is 15.1. The van der Waals surface area contributed by atoms with E-state index in [0.29, 0.717) is 74.2 Å². The number of nitrogens with zero attached hydrogens (tertiary/aromatic N) is 6. The molecule has 2 saturated heterocycles. The van der Waals surface area contributed by atoms with Gasteiger partial charge in [-0.05, 0) is 72.8 Å². The van der Waals surface area contributed by atoms with Gasteiger partial charge in [0.1, 0.15) is 34.7 Å². The van der Waals surface area contributed by atoms with Crippen LogP contribution < -0.4 is 19.6 Å². The lowest BCUT2D eigenvalue weighted by Gasteiger charge is -2.38. The van der Waals surface area contributed by atoms with E-state index >= 15 is 8.78 Å². The zero-order chi connectivity index (χ0) is 32.9. The lowest BCUT2D eigenvalue weighted by Crippen LogP contribution is -2.47. The Hall–Kier alpha value is -5.59. The maximum atomic E-state index is 15.7. The van der Waals surface area contributed by atoms with E-state index in [4.69, 9.17) is 0 Å². The number of nitrogens with one attached hydrogen (secondary N) is 2. The van der Waals surface area contributed by atoms with Gasteiger partial charge in [-0.3, -0.25) is 15.0 Å². The van der Waals surface area contributed by atoms with E-state index in [1.165, 1.54) is 36.4 Å². The van der Waals surface area contributed by atoms with Gasteiger partial charge in [-0.15, -0.1) is 0 Å². The number of benzene rings is 4. The van der Waals surface area contributed by atoms with Crippen molar-refractivity contribution in [3.05, 3.63) is 107 Å². The summed E-state index contributed by atoms with van der Waals surface area (Å²) in [6.45, 7) is 4.06. The lowest BCUT2D eigenvalue weighted by molar-refractivity contribution is 0.103. The van der Waals surface area contributed by atoms with Crippen molar-refractivity contribution in [2.75, 3.05) is 72.0 Å². The number of ketones is 1. The molecule has 0 unspecified atom stereocenters. The van der Waals surface area contributed by atoms with Crippen LogP contribution in [0.4, 0.5) is 40.3 Å². The van der Waals surface area contributed by atoms with Crippen LogP contribution >= 0.6 is 0 Å². The first kappa shape index (κ1) is 29.8. The highest BCUT2D eigenvalue weighted by molar-refractivity contribution is 6.22. The average molecular weight is 655 g/mol. The van der Waals surface area contributed by atoms with Crippen molar-refractivity contribution in [3.8, 4) is 0 Å². The number of aromatic nitrogens is 4. The molecule has 4 aromatic carbocycles. The standard InChI is InChI=1S/C35H30F4N8O/c36-21-1-5-23(6-2-21)44-13-17-46(18-14-44)33-25(38)9-11-27-29(33)31(42-40-27)35(48)32-30-28(41-43-32)12-10-26(39)34(30)47-19-15-45(16-20-47)24-7-3-22(37)4-8-24/h1-12H,13-20H2,(H,40,42)(H,41,43). The molecule has 2 aromatic heterocycles. The highest BCUT2D eigenvalue weighted by Gasteiger charge is 2.31. The van der Waals surface area contributed by atoms with Crippen LogP contribution in [0.1, 0.15) is 16.2 Å². The van der Waals surface area contributed by atoms with Crippen LogP contribution in [0.2, 0.25) is 0 Å². The molecule has 2 fully saturated rings. The molecule has 48 heavy (non-hydrogen) atoms. The number of rotatable bonds is 6. The number of anilines is 4. The van der Waals surface area contributed by atoms with Crippen molar-refractivity contribution >= 4 is 50.3 Å². The molecule has 2 N–H and O–H groups in total. The van der Waals surface area contributed by atoms with Crippen molar-refractivity contribution in [2.24, 2.45) is 0 Å². The van der Waals surface area contributed by atoms with Gasteiger partial charge in [0, 0.05) is 63.7 Å². The maximum Gasteiger partial charge on any atom is 0.234 e. The van der Waals surface area contributed by atoms with Crippen LogP contribution in [-0.2, 0) is 0 Å².